The number of nitro benzene ring substituents is 1. The van der Waals surface area contributed by atoms with Crippen molar-refractivity contribution in [2.45, 2.75) is 13.0 Å². The van der Waals surface area contributed by atoms with Crippen molar-refractivity contribution in [3.63, 3.8) is 0 Å². The van der Waals surface area contributed by atoms with Gasteiger partial charge in [-0.1, -0.05) is 0 Å². The van der Waals surface area contributed by atoms with E-state index in [9.17, 15) is 19.3 Å². The van der Waals surface area contributed by atoms with Gasteiger partial charge in [-0.15, -0.1) is 0 Å². The molecule has 0 aliphatic heterocycles. The van der Waals surface area contributed by atoms with Gasteiger partial charge in [-0.2, -0.15) is 0 Å². The number of aliphatic hydroxyl groups is 1. The van der Waals surface area contributed by atoms with Crippen LogP contribution in [0.3, 0.4) is 0 Å². The molecule has 0 aliphatic carbocycles. The quantitative estimate of drug-likeness (QED) is 0.626. The molecule has 1 aromatic rings. The zero-order chi connectivity index (χ0) is 15.4. The minimum Gasteiger partial charge on any atom is -0.394 e. The largest absolute Gasteiger partial charge is 0.394 e. The Bertz CT molecular complexity index is 536. The number of carbonyl (C=O) groups is 1. The first-order valence-electron chi connectivity index (χ1n) is 5.87. The Morgan fingerprint density at radius 1 is 1.60 bits per heavy atom. The lowest BCUT2D eigenvalue weighted by Gasteiger charge is -2.23. The van der Waals surface area contributed by atoms with Crippen molar-refractivity contribution in [1.82, 2.24) is 4.90 Å². The average molecular weight is 285 g/mol. The van der Waals surface area contributed by atoms with Gasteiger partial charge in [-0.25, -0.2) is 4.39 Å². The van der Waals surface area contributed by atoms with E-state index in [0.29, 0.717) is 6.07 Å². The van der Waals surface area contributed by atoms with Crippen LogP contribution in [-0.4, -0.2) is 47.6 Å². The number of halogens is 1. The van der Waals surface area contributed by atoms with Crippen LogP contribution in [0.2, 0.25) is 0 Å². The molecule has 0 saturated carbocycles. The first kappa shape index (κ1) is 15.8. The number of benzene rings is 1. The molecule has 8 heteroatoms. The zero-order valence-corrected chi connectivity index (χ0v) is 11.4. The lowest BCUT2D eigenvalue weighted by Crippen LogP contribution is -2.37. The van der Waals surface area contributed by atoms with Gasteiger partial charge < -0.3 is 15.3 Å². The fourth-order valence-electron chi connectivity index (χ4n) is 1.59. The molecule has 0 fully saturated rings. The second-order valence-electron chi connectivity index (χ2n) is 4.30. The first-order valence-corrected chi connectivity index (χ1v) is 5.87. The molecule has 20 heavy (non-hydrogen) atoms. The second kappa shape index (κ2) is 6.29. The minimum absolute atomic E-state index is 0.0102. The fourth-order valence-corrected chi connectivity index (χ4v) is 1.59. The van der Waals surface area contributed by atoms with Crippen LogP contribution < -0.4 is 5.32 Å². The maximum atomic E-state index is 13.5. The van der Waals surface area contributed by atoms with Crippen molar-refractivity contribution in [3.05, 3.63) is 33.6 Å². The molecule has 0 heterocycles. The van der Waals surface area contributed by atoms with Gasteiger partial charge in [-0.3, -0.25) is 14.9 Å². The number of hydrogen-bond acceptors (Lipinski definition) is 5. The number of nitrogens with zero attached hydrogens (tertiary/aromatic N) is 2. The van der Waals surface area contributed by atoms with Gasteiger partial charge in [0, 0.05) is 14.1 Å². The van der Waals surface area contributed by atoms with Gasteiger partial charge in [0.25, 0.3) is 11.6 Å². The molecule has 0 saturated heterocycles. The molecule has 0 spiro atoms. The molecule has 0 bridgehead atoms. The molecule has 0 aliphatic rings. The molecule has 0 aromatic heterocycles. The number of rotatable bonds is 5. The third kappa shape index (κ3) is 3.02. The summed E-state index contributed by atoms with van der Waals surface area (Å²) in [7, 11) is 2.86. The smallest absolute Gasteiger partial charge is 0.285 e. The molecular formula is C12H16FN3O4. The topological polar surface area (TPSA) is 95.7 Å². The van der Waals surface area contributed by atoms with E-state index >= 15 is 0 Å². The van der Waals surface area contributed by atoms with E-state index in [4.69, 9.17) is 5.11 Å². The van der Waals surface area contributed by atoms with Crippen LogP contribution >= 0.6 is 0 Å². The van der Waals surface area contributed by atoms with Gasteiger partial charge in [0.1, 0.15) is 5.56 Å². The summed E-state index contributed by atoms with van der Waals surface area (Å²) in [6.45, 7) is 1.31. The molecule has 1 atom stereocenters. The van der Waals surface area contributed by atoms with Crippen molar-refractivity contribution in [3.8, 4) is 0 Å². The Morgan fingerprint density at radius 3 is 2.65 bits per heavy atom. The summed E-state index contributed by atoms with van der Waals surface area (Å²) < 4.78 is 13.5. The maximum Gasteiger partial charge on any atom is 0.285 e. The summed E-state index contributed by atoms with van der Waals surface area (Å²) in [5.41, 5.74) is -0.851. The van der Waals surface area contributed by atoms with E-state index in [1.807, 2.05) is 0 Å². The van der Waals surface area contributed by atoms with Gasteiger partial charge >= 0.3 is 0 Å². The summed E-state index contributed by atoms with van der Waals surface area (Å²) in [6.07, 6.45) is 0. The number of amides is 1. The minimum atomic E-state index is -0.812. The predicted molar refractivity (Wildman–Crippen MR) is 71.2 cm³/mol. The van der Waals surface area contributed by atoms with Crippen LogP contribution in [0.15, 0.2) is 12.1 Å². The first-order chi connectivity index (χ1) is 9.33. The van der Waals surface area contributed by atoms with E-state index in [1.54, 1.807) is 6.92 Å². The molecule has 1 rings (SSSR count). The van der Waals surface area contributed by atoms with E-state index in [0.717, 1.165) is 6.07 Å². The third-order valence-electron chi connectivity index (χ3n) is 3.03. The number of aliphatic hydroxyl groups excluding tert-OH is 1. The molecule has 1 aromatic carbocycles. The van der Waals surface area contributed by atoms with Gasteiger partial charge in [-0.05, 0) is 13.0 Å². The Balaban J connectivity index is 3.34. The Morgan fingerprint density at radius 2 is 2.20 bits per heavy atom. The van der Waals surface area contributed by atoms with Crippen LogP contribution in [0.5, 0.6) is 0 Å². The molecule has 1 unspecified atom stereocenters. The molecule has 7 nitrogen and oxygen atoms in total. The number of anilines is 1. The van der Waals surface area contributed by atoms with Crippen LogP contribution in [0.25, 0.3) is 0 Å². The predicted octanol–water partition coefficient (Wildman–Crippen LogP) is 1.23. The van der Waals surface area contributed by atoms with E-state index in [1.165, 1.54) is 19.0 Å². The van der Waals surface area contributed by atoms with Crippen molar-refractivity contribution < 1.29 is 19.2 Å². The highest BCUT2D eigenvalue weighted by molar-refractivity contribution is 5.99. The number of carbonyl (C=O) groups excluding carboxylic acids is 1. The Labute approximate surface area is 115 Å². The van der Waals surface area contributed by atoms with E-state index < -0.39 is 28.4 Å². The number of nitrogens with one attached hydrogen (secondary N) is 1. The lowest BCUT2D eigenvalue weighted by atomic mass is 10.1. The van der Waals surface area contributed by atoms with Gasteiger partial charge in [0.15, 0.2) is 5.82 Å². The van der Waals surface area contributed by atoms with Crippen molar-refractivity contribution >= 4 is 17.3 Å². The van der Waals surface area contributed by atoms with Crippen molar-refractivity contribution in [1.29, 1.82) is 0 Å². The van der Waals surface area contributed by atoms with E-state index in [-0.39, 0.29) is 17.9 Å². The normalized spacial score (nSPS) is 11.8. The standard InChI is InChI=1S/C12H16FN3O4/c1-7(6-17)15(3)12(18)8-4-10(14-2)9(13)5-11(8)16(19)20/h4-5,7,14,17H,6H2,1-3H3. The molecular weight excluding hydrogens is 269 g/mol. The van der Waals surface area contributed by atoms with Gasteiger partial charge in [0.05, 0.1) is 29.3 Å². The Hall–Kier alpha value is -2.22. The summed E-state index contributed by atoms with van der Waals surface area (Å²) in [6, 6.07) is 1.29. The maximum absolute atomic E-state index is 13.5. The Kier molecular flexibility index (Phi) is 4.98. The number of likely N-dealkylation sites (N-methyl/N-ethyl adjacent to an activating group) is 1. The van der Waals surface area contributed by atoms with Crippen LogP contribution in [0.1, 0.15) is 17.3 Å². The SMILES string of the molecule is CNc1cc(C(=O)N(C)C(C)CO)c([N+](=O)[O-])cc1F. The third-order valence-corrected chi connectivity index (χ3v) is 3.03. The van der Waals surface area contributed by atoms with E-state index in [2.05, 4.69) is 5.32 Å². The van der Waals surface area contributed by atoms with Crippen molar-refractivity contribution in [2.24, 2.45) is 0 Å². The van der Waals surface area contributed by atoms with Crippen LogP contribution in [0, 0.1) is 15.9 Å². The summed E-state index contributed by atoms with van der Waals surface area (Å²) >= 11 is 0. The summed E-state index contributed by atoms with van der Waals surface area (Å²) in [4.78, 5) is 23.5. The average Bonchev–Trinajstić information content (AvgIpc) is 2.44. The second-order valence-corrected chi connectivity index (χ2v) is 4.30. The molecule has 1 amide bonds. The molecule has 110 valence electrons. The van der Waals surface area contributed by atoms with Gasteiger partial charge in [0.2, 0.25) is 0 Å². The molecule has 2 N–H and O–H groups in total. The van der Waals surface area contributed by atoms with Crippen molar-refractivity contribution in [2.75, 3.05) is 26.0 Å². The van der Waals surface area contributed by atoms with Crippen LogP contribution in [0.4, 0.5) is 15.8 Å². The highest BCUT2D eigenvalue weighted by Gasteiger charge is 2.27. The fraction of sp³-hybridized carbons (Fsp3) is 0.417. The number of hydrogen-bond donors (Lipinski definition) is 2. The highest BCUT2D eigenvalue weighted by atomic mass is 19.1. The number of nitro groups is 1. The monoisotopic (exact) mass is 285 g/mol. The lowest BCUT2D eigenvalue weighted by molar-refractivity contribution is -0.385. The molecule has 0 radical (unpaired) electrons. The summed E-state index contributed by atoms with van der Waals surface area (Å²) in [5, 5.41) is 22.5. The van der Waals surface area contributed by atoms with Crippen LogP contribution in [-0.2, 0) is 0 Å². The zero-order valence-electron chi connectivity index (χ0n) is 11.4. The summed E-state index contributed by atoms with van der Waals surface area (Å²) in [5.74, 6) is -1.47. The highest BCUT2D eigenvalue weighted by Crippen LogP contribution is 2.27.